The van der Waals surface area contributed by atoms with Crippen molar-refractivity contribution in [1.82, 2.24) is 0 Å². The predicted octanol–water partition coefficient (Wildman–Crippen LogP) is -2.87. The summed E-state index contributed by atoms with van der Waals surface area (Å²) in [5, 5.41) is 0. The Morgan fingerprint density at radius 2 is 1.09 bits per heavy atom. The molecule has 65 valence electrons. The molecule has 0 rings (SSSR count). The molecule has 0 amide bonds. The summed E-state index contributed by atoms with van der Waals surface area (Å²) in [7, 11) is 0. The van der Waals surface area contributed by atoms with Crippen molar-refractivity contribution in [3.8, 4) is 0 Å². The van der Waals surface area contributed by atoms with Crippen molar-refractivity contribution in [2.24, 2.45) is 0 Å². The van der Waals surface area contributed by atoms with Gasteiger partial charge in [0, 0.05) is 18.9 Å². The van der Waals surface area contributed by atoms with Crippen LogP contribution in [0.2, 0.25) is 0 Å². The van der Waals surface area contributed by atoms with E-state index in [0.29, 0.717) is 0 Å². The van der Waals surface area contributed by atoms with E-state index in [2.05, 4.69) is 2.84 Å². The number of hydrogen-bond acceptors (Lipinski definition) is 5. The van der Waals surface area contributed by atoms with E-state index >= 15 is 0 Å². The summed E-state index contributed by atoms with van der Waals surface area (Å²) in [4.78, 5) is 0. The fourth-order valence-corrected chi connectivity index (χ4v) is 1.85. The van der Waals surface area contributed by atoms with E-state index < -0.39 is 27.2 Å². The fourth-order valence-electron chi connectivity index (χ4n) is 0.109. The first kappa shape index (κ1) is 17.7. The quantitative estimate of drug-likeness (QED) is 0.494. The molecular weight excluding hydrogens is 239 g/mol. The fraction of sp³-hybridized carbons (Fsp3) is 0. The third-order valence-electron chi connectivity index (χ3n) is 0.172. The molecule has 0 aromatic carbocycles. The van der Waals surface area contributed by atoms with E-state index in [-0.39, 0.29) is 24.3 Å². The van der Waals surface area contributed by atoms with Crippen molar-refractivity contribution < 1.29 is 59.1 Å². The molecule has 0 aromatic heterocycles. The van der Waals surface area contributed by atoms with Crippen molar-refractivity contribution in [2.75, 3.05) is 0 Å². The van der Waals surface area contributed by atoms with Crippen molar-refractivity contribution >= 4 is 18.9 Å². The van der Waals surface area contributed by atoms with E-state index in [4.69, 9.17) is 8.32 Å². The second kappa shape index (κ2) is 5.37. The second-order valence-corrected chi connectivity index (χ2v) is 4.68. The molecule has 1 radical (unpaired) electrons. The van der Waals surface area contributed by atoms with Crippen LogP contribution in [0.25, 0.3) is 0 Å². The van der Waals surface area contributed by atoms with Gasteiger partial charge in [0.05, 0.1) is 0 Å². The molecule has 0 spiro atoms. The molecule has 0 saturated carbocycles. The van der Waals surface area contributed by atoms with E-state index in [0.717, 1.165) is 0 Å². The molecule has 0 aliphatic rings. The molecular formula is H4Cr2LiO8. The summed E-state index contributed by atoms with van der Waals surface area (Å²) in [6, 6.07) is 0. The van der Waals surface area contributed by atoms with Gasteiger partial charge in [-0.2, -0.15) is 0 Å². The molecule has 0 atom stereocenters. The minimum atomic E-state index is -5.76. The zero-order valence-corrected chi connectivity index (χ0v) is 7.80. The van der Waals surface area contributed by atoms with Gasteiger partial charge in [-0.15, -0.1) is 0 Å². The molecule has 0 heterocycles. The summed E-state index contributed by atoms with van der Waals surface area (Å²) in [6.07, 6.45) is 0. The topological polar surface area (TPSA) is 149 Å². The third kappa shape index (κ3) is 18.0. The maximum atomic E-state index is 9.53. The van der Waals surface area contributed by atoms with Crippen LogP contribution in [0.5, 0.6) is 0 Å². The van der Waals surface area contributed by atoms with E-state index in [9.17, 15) is 15.2 Å². The molecule has 0 bridgehead atoms. The van der Waals surface area contributed by atoms with Crippen LogP contribution < -0.4 is 0 Å². The van der Waals surface area contributed by atoms with Crippen LogP contribution in [0.3, 0.4) is 0 Å². The summed E-state index contributed by atoms with van der Waals surface area (Å²) < 4.78 is 56.3. The second-order valence-electron chi connectivity index (χ2n) is 0.924. The van der Waals surface area contributed by atoms with Gasteiger partial charge in [-0.3, -0.25) is 0 Å². The normalized spacial score (nSPS) is 11.1. The van der Waals surface area contributed by atoms with Gasteiger partial charge in [0.1, 0.15) is 0 Å². The minimum absolute atomic E-state index is 0. The molecule has 0 fully saturated rings. The summed E-state index contributed by atoms with van der Waals surface area (Å²) in [5.41, 5.74) is 0. The first-order chi connectivity index (χ1) is 3.71. The summed E-state index contributed by atoms with van der Waals surface area (Å²) in [6.45, 7) is 0. The van der Waals surface area contributed by atoms with Crippen LogP contribution in [0.1, 0.15) is 0 Å². The molecule has 0 aromatic rings. The molecule has 0 saturated heterocycles. The van der Waals surface area contributed by atoms with Crippen LogP contribution in [-0.4, -0.2) is 32.7 Å². The Balaban J connectivity index is -0.000000320. The predicted molar refractivity (Wildman–Crippen MR) is 17.6 cm³/mol. The zero-order valence-electron chi connectivity index (χ0n) is 5.25. The van der Waals surface area contributed by atoms with Crippen LogP contribution in [0.4, 0.5) is 0 Å². The standard InChI is InChI=1S/2Cr.Li.3H2O.5O/h;;;3*1H2;;;;;/q2*+1;;;;;;;;;/p-2. The number of hydrogen-bond donors (Lipinski definition) is 2. The van der Waals surface area contributed by atoms with E-state index in [1.807, 2.05) is 0 Å². The SMILES string of the molecule is O.[Li].[O]=[Cr](=[O])([OH])[O][Cr](=[O])(=[O])[OH]. The van der Waals surface area contributed by atoms with Gasteiger partial charge in [0.15, 0.2) is 0 Å². The van der Waals surface area contributed by atoms with Gasteiger partial charge in [0.25, 0.3) is 0 Å². The average molecular weight is 243 g/mol. The zero-order chi connectivity index (χ0) is 7.71. The molecule has 4 N–H and O–H groups in total. The molecule has 8 nitrogen and oxygen atoms in total. The van der Waals surface area contributed by atoms with Gasteiger partial charge in [-0.1, -0.05) is 0 Å². The van der Waals surface area contributed by atoms with Gasteiger partial charge in [-0.25, -0.2) is 0 Å². The van der Waals surface area contributed by atoms with Gasteiger partial charge < -0.3 is 5.48 Å². The third-order valence-corrected chi connectivity index (χ3v) is 2.92. The summed E-state index contributed by atoms with van der Waals surface area (Å²) in [5.74, 6) is 0. The van der Waals surface area contributed by atoms with E-state index in [1.165, 1.54) is 0 Å². The first-order valence-electron chi connectivity index (χ1n) is 1.37. The van der Waals surface area contributed by atoms with Gasteiger partial charge in [-0.05, 0) is 0 Å². The molecule has 0 aliphatic heterocycles. The monoisotopic (exact) mass is 243 g/mol. The van der Waals surface area contributed by atoms with Crippen molar-refractivity contribution in [3.05, 3.63) is 0 Å². The molecule has 0 aliphatic carbocycles. The van der Waals surface area contributed by atoms with Crippen molar-refractivity contribution in [1.29, 1.82) is 0 Å². The van der Waals surface area contributed by atoms with E-state index in [1.54, 1.807) is 0 Å². The van der Waals surface area contributed by atoms with Gasteiger partial charge in [0.2, 0.25) is 0 Å². The van der Waals surface area contributed by atoms with Crippen LogP contribution >= 0.6 is 0 Å². The van der Waals surface area contributed by atoms with Crippen LogP contribution in [0, 0.1) is 0 Å². The first-order valence-corrected chi connectivity index (χ1v) is 5.63. The molecule has 11 heavy (non-hydrogen) atoms. The Morgan fingerprint density at radius 3 is 1.09 bits per heavy atom. The Kier molecular flexibility index (Phi) is 8.63. The van der Waals surface area contributed by atoms with Crippen LogP contribution in [-0.2, 0) is 45.3 Å². The van der Waals surface area contributed by atoms with Crippen LogP contribution in [0.15, 0.2) is 0 Å². The number of rotatable bonds is 2. The molecule has 0 unspecified atom stereocenters. The van der Waals surface area contributed by atoms with Crippen molar-refractivity contribution in [2.45, 2.75) is 0 Å². The molecule has 11 heteroatoms. The Labute approximate surface area is 77.8 Å². The van der Waals surface area contributed by atoms with Gasteiger partial charge >= 0.3 is 53.6 Å². The average Bonchev–Trinajstić information content (AvgIpc) is 1.14. The Bertz CT molecular complexity index is 237. The Hall–Kier alpha value is 0.702. The maximum absolute atomic E-state index is 9.53. The summed E-state index contributed by atoms with van der Waals surface area (Å²) >= 11 is -11.5. The van der Waals surface area contributed by atoms with Crippen molar-refractivity contribution in [3.63, 3.8) is 0 Å². The Morgan fingerprint density at radius 1 is 0.909 bits per heavy atom.